The fraction of sp³-hybridized carbons (Fsp3) is 1.00. The van der Waals surface area contributed by atoms with E-state index in [1.807, 2.05) is 0 Å². The predicted octanol–water partition coefficient (Wildman–Crippen LogP) is -2.77. The summed E-state index contributed by atoms with van der Waals surface area (Å²) in [6.07, 6.45) is 0. The van der Waals surface area contributed by atoms with E-state index in [1.54, 1.807) is 0 Å². The first kappa shape index (κ1) is 17.0. The Bertz CT molecular complexity index is 181. The van der Waals surface area contributed by atoms with Crippen molar-refractivity contribution in [2.45, 2.75) is 12.1 Å². The summed E-state index contributed by atoms with van der Waals surface area (Å²) in [5.74, 6) is 0. The highest BCUT2D eigenvalue weighted by Gasteiger charge is 2.16. The lowest BCUT2D eigenvalue weighted by atomic mass is 10.4. The van der Waals surface area contributed by atoms with Gasteiger partial charge in [0.1, 0.15) is 26.4 Å². The topological polar surface area (TPSA) is 167 Å². The number of aliphatic hydroxyl groups excluding tert-OH is 4. The van der Waals surface area contributed by atoms with Crippen LogP contribution in [0.5, 0.6) is 0 Å². The SMILES string of the molecule is O=[N+]([O-])C(CO)CO.O=[N+]([O-])C(CO)CO. The molecule has 10 heteroatoms. The van der Waals surface area contributed by atoms with Crippen molar-refractivity contribution in [3.05, 3.63) is 20.2 Å². The maximum Gasteiger partial charge on any atom is 0.258 e. The van der Waals surface area contributed by atoms with Gasteiger partial charge in [0.15, 0.2) is 0 Å². The number of aliphatic hydroxyl groups is 4. The Morgan fingerprint density at radius 1 is 0.750 bits per heavy atom. The molecule has 0 amide bonds. The highest BCUT2D eigenvalue weighted by Crippen LogP contribution is 1.84. The molecule has 0 unspecified atom stereocenters. The molecule has 0 fully saturated rings. The van der Waals surface area contributed by atoms with Crippen molar-refractivity contribution in [3.8, 4) is 0 Å². The van der Waals surface area contributed by atoms with Crippen molar-refractivity contribution in [3.63, 3.8) is 0 Å². The minimum Gasteiger partial charge on any atom is -0.389 e. The highest BCUT2D eigenvalue weighted by atomic mass is 16.6. The van der Waals surface area contributed by atoms with Crippen molar-refractivity contribution in [2.24, 2.45) is 0 Å². The molecule has 0 atom stereocenters. The third-order valence-corrected chi connectivity index (χ3v) is 1.44. The lowest BCUT2D eigenvalue weighted by Crippen LogP contribution is -2.27. The molecule has 0 aromatic carbocycles. The first-order valence-corrected chi connectivity index (χ1v) is 4.14. The van der Waals surface area contributed by atoms with Gasteiger partial charge in [0.25, 0.3) is 12.1 Å². The van der Waals surface area contributed by atoms with Gasteiger partial charge in [-0.25, -0.2) is 0 Å². The summed E-state index contributed by atoms with van der Waals surface area (Å²) < 4.78 is 0. The normalized spacial score (nSPS) is 9.88. The fourth-order valence-electron chi connectivity index (χ4n) is 0.382. The maximum absolute atomic E-state index is 9.65. The lowest BCUT2D eigenvalue weighted by Gasteiger charge is -1.98. The van der Waals surface area contributed by atoms with E-state index in [0.717, 1.165) is 0 Å². The van der Waals surface area contributed by atoms with Gasteiger partial charge in [-0.2, -0.15) is 0 Å². The van der Waals surface area contributed by atoms with Crippen LogP contribution in [0.4, 0.5) is 0 Å². The number of rotatable bonds is 6. The second kappa shape index (κ2) is 10.2. The molecule has 16 heavy (non-hydrogen) atoms. The third kappa shape index (κ3) is 7.99. The molecule has 0 aliphatic rings. The van der Waals surface area contributed by atoms with Gasteiger partial charge in [0.05, 0.1) is 0 Å². The average molecular weight is 242 g/mol. The Morgan fingerprint density at radius 2 is 0.938 bits per heavy atom. The Labute approximate surface area is 90.1 Å². The largest absolute Gasteiger partial charge is 0.389 e. The summed E-state index contributed by atoms with van der Waals surface area (Å²) in [7, 11) is 0. The minimum atomic E-state index is -1.21. The molecule has 10 nitrogen and oxygen atoms in total. The van der Waals surface area contributed by atoms with Crippen molar-refractivity contribution in [1.29, 1.82) is 0 Å². The van der Waals surface area contributed by atoms with Crippen LogP contribution in [0.3, 0.4) is 0 Å². The van der Waals surface area contributed by atoms with Crippen LogP contribution in [0.15, 0.2) is 0 Å². The van der Waals surface area contributed by atoms with Gasteiger partial charge in [-0.15, -0.1) is 0 Å². The van der Waals surface area contributed by atoms with Crippen LogP contribution in [0.25, 0.3) is 0 Å². The molecule has 0 rings (SSSR count). The summed E-state index contributed by atoms with van der Waals surface area (Å²) in [5, 5.41) is 51.7. The number of nitrogens with zero attached hydrogens (tertiary/aromatic N) is 2. The molecule has 0 saturated carbocycles. The third-order valence-electron chi connectivity index (χ3n) is 1.44. The Kier molecular flexibility index (Phi) is 10.8. The summed E-state index contributed by atoms with van der Waals surface area (Å²) in [5.41, 5.74) is 0. The van der Waals surface area contributed by atoms with Gasteiger partial charge in [-0.1, -0.05) is 0 Å². The molecule has 0 bridgehead atoms. The number of hydrogen-bond acceptors (Lipinski definition) is 8. The summed E-state index contributed by atoms with van der Waals surface area (Å²) in [6, 6.07) is -2.43. The number of hydrogen-bond donors (Lipinski definition) is 4. The van der Waals surface area contributed by atoms with E-state index < -0.39 is 48.4 Å². The van der Waals surface area contributed by atoms with Gasteiger partial charge in [0.2, 0.25) is 0 Å². The van der Waals surface area contributed by atoms with Gasteiger partial charge < -0.3 is 20.4 Å². The molecule has 0 aliphatic carbocycles. The zero-order valence-corrected chi connectivity index (χ0v) is 8.30. The standard InChI is InChI=1S/2C3H7NO4/c2*5-1-3(2-6)4(7)8/h2*3,5-6H,1-2H2. The summed E-state index contributed by atoms with van der Waals surface area (Å²) >= 11 is 0. The van der Waals surface area contributed by atoms with Crippen LogP contribution in [0, 0.1) is 20.2 Å². The van der Waals surface area contributed by atoms with Crippen molar-refractivity contribution in [1.82, 2.24) is 0 Å². The van der Waals surface area contributed by atoms with Crippen LogP contribution in [0.2, 0.25) is 0 Å². The zero-order valence-electron chi connectivity index (χ0n) is 8.30. The summed E-state index contributed by atoms with van der Waals surface area (Å²) in [4.78, 5) is 17.8. The second-order valence-corrected chi connectivity index (χ2v) is 2.61. The molecule has 0 radical (unpaired) electrons. The molecule has 0 aromatic heterocycles. The highest BCUT2D eigenvalue weighted by molar-refractivity contribution is 4.48. The van der Waals surface area contributed by atoms with Crippen molar-refractivity contribution in [2.75, 3.05) is 26.4 Å². The Morgan fingerprint density at radius 3 is 0.938 bits per heavy atom. The molecular weight excluding hydrogens is 228 g/mol. The number of nitro groups is 2. The van der Waals surface area contributed by atoms with E-state index in [9.17, 15) is 20.2 Å². The molecule has 0 saturated heterocycles. The molecular formula is C6H14N2O8. The van der Waals surface area contributed by atoms with Crippen LogP contribution in [0.1, 0.15) is 0 Å². The van der Waals surface area contributed by atoms with Gasteiger partial charge in [-0.3, -0.25) is 20.2 Å². The van der Waals surface area contributed by atoms with E-state index in [0.29, 0.717) is 0 Å². The fourth-order valence-corrected chi connectivity index (χ4v) is 0.382. The molecule has 96 valence electrons. The average Bonchev–Trinajstić information content (AvgIpc) is 2.21. The van der Waals surface area contributed by atoms with E-state index in [-0.39, 0.29) is 0 Å². The van der Waals surface area contributed by atoms with Crippen LogP contribution in [-0.2, 0) is 0 Å². The van der Waals surface area contributed by atoms with Gasteiger partial charge in [-0.05, 0) is 0 Å². The summed E-state index contributed by atoms with van der Waals surface area (Å²) in [6.45, 7) is -2.43. The van der Waals surface area contributed by atoms with Crippen LogP contribution < -0.4 is 0 Å². The minimum absolute atomic E-state index is 0.608. The van der Waals surface area contributed by atoms with Crippen molar-refractivity contribution >= 4 is 0 Å². The van der Waals surface area contributed by atoms with E-state index in [4.69, 9.17) is 20.4 Å². The molecule has 0 aromatic rings. The molecule has 0 heterocycles. The molecule has 4 N–H and O–H groups in total. The second-order valence-electron chi connectivity index (χ2n) is 2.61. The maximum atomic E-state index is 9.65. The van der Waals surface area contributed by atoms with Gasteiger partial charge >= 0.3 is 0 Å². The zero-order chi connectivity index (χ0) is 13.1. The van der Waals surface area contributed by atoms with Gasteiger partial charge in [0, 0.05) is 9.85 Å². The molecule has 0 spiro atoms. The van der Waals surface area contributed by atoms with E-state index in [2.05, 4.69) is 0 Å². The van der Waals surface area contributed by atoms with Crippen LogP contribution >= 0.6 is 0 Å². The Hall–Kier alpha value is -1.36. The first-order chi connectivity index (χ1) is 7.44. The van der Waals surface area contributed by atoms with Crippen molar-refractivity contribution < 1.29 is 30.3 Å². The lowest BCUT2D eigenvalue weighted by molar-refractivity contribution is -0.528. The van der Waals surface area contributed by atoms with E-state index in [1.165, 1.54) is 0 Å². The van der Waals surface area contributed by atoms with E-state index >= 15 is 0 Å². The Balaban J connectivity index is 0. The monoisotopic (exact) mass is 242 g/mol. The molecule has 0 aliphatic heterocycles. The first-order valence-electron chi connectivity index (χ1n) is 4.14. The smallest absolute Gasteiger partial charge is 0.258 e. The quantitative estimate of drug-likeness (QED) is 0.286. The predicted molar refractivity (Wildman–Crippen MR) is 49.9 cm³/mol. The van der Waals surface area contributed by atoms with Crippen LogP contribution in [-0.4, -0.2) is 68.8 Å².